The quantitative estimate of drug-likeness (QED) is 0.449. The zero-order chi connectivity index (χ0) is 24.0. The standard InChI is InChI=1S/C27H28N6O2/c34-25(9-12-32-13-11-28-20-32)30-24-8-2-5-22(18-24)27(35)33-16-14-31(15-17-33)19-23-6-1-4-21-7-3-10-29-26(21)23/h1-8,10-11,13,18,20H,9,12,14-17,19H2,(H,30,34). The Morgan fingerprint density at radius 2 is 1.77 bits per heavy atom. The van der Waals surface area contributed by atoms with Crippen LogP contribution >= 0.6 is 0 Å². The number of imidazole rings is 1. The number of para-hydroxylation sites is 1. The largest absolute Gasteiger partial charge is 0.337 e. The molecule has 35 heavy (non-hydrogen) atoms. The lowest BCUT2D eigenvalue weighted by Crippen LogP contribution is -2.48. The number of carbonyl (C=O) groups excluding carboxylic acids is 2. The third-order valence-electron chi connectivity index (χ3n) is 6.32. The fourth-order valence-corrected chi connectivity index (χ4v) is 4.43. The second-order valence-corrected chi connectivity index (χ2v) is 8.74. The average Bonchev–Trinajstić information content (AvgIpc) is 3.42. The van der Waals surface area contributed by atoms with Gasteiger partial charge >= 0.3 is 0 Å². The van der Waals surface area contributed by atoms with E-state index >= 15 is 0 Å². The molecule has 1 N–H and O–H groups in total. The van der Waals surface area contributed by atoms with E-state index in [9.17, 15) is 9.59 Å². The molecule has 1 saturated heterocycles. The summed E-state index contributed by atoms with van der Waals surface area (Å²) in [6.07, 6.45) is 7.37. The molecule has 0 unspecified atom stereocenters. The van der Waals surface area contributed by atoms with Crippen LogP contribution in [0.15, 0.2) is 79.5 Å². The van der Waals surface area contributed by atoms with Gasteiger partial charge in [-0.15, -0.1) is 0 Å². The Morgan fingerprint density at radius 3 is 2.60 bits per heavy atom. The summed E-state index contributed by atoms with van der Waals surface area (Å²) >= 11 is 0. The first-order chi connectivity index (χ1) is 17.2. The smallest absolute Gasteiger partial charge is 0.254 e. The first-order valence-corrected chi connectivity index (χ1v) is 11.9. The Hall–Kier alpha value is -4.04. The number of pyridine rings is 1. The number of hydrogen-bond acceptors (Lipinski definition) is 5. The molecule has 0 spiro atoms. The molecule has 1 aliphatic rings. The summed E-state index contributed by atoms with van der Waals surface area (Å²) in [5.41, 5.74) is 3.47. The molecular formula is C27H28N6O2. The molecule has 0 atom stereocenters. The molecule has 4 aromatic rings. The predicted molar refractivity (Wildman–Crippen MR) is 135 cm³/mol. The predicted octanol–water partition coefficient (Wildman–Crippen LogP) is 3.42. The molecule has 178 valence electrons. The number of hydrogen-bond donors (Lipinski definition) is 1. The van der Waals surface area contributed by atoms with Gasteiger partial charge in [0.15, 0.2) is 0 Å². The second-order valence-electron chi connectivity index (χ2n) is 8.74. The number of fused-ring (bicyclic) bond motifs is 1. The minimum absolute atomic E-state index is 0.00834. The number of aryl methyl sites for hydroxylation is 1. The molecule has 0 radical (unpaired) electrons. The van der Waals surface area contributed by atoms with Gasteiger partial charge in [-0.3, -0.25) is 19.5 Å². The van der Waals surface area contributed by atoms with E-state index in [2.05, 4.69) is 44.5 Å². The first kappa shape index (κ1) is 22.7. The molecule has 2 aromatic heterocycles. The van der Waals surface area contributed by atoms with Gasteiger partial charge < -0.3 is 14.8 Å². The van der Waals surface area contributed by atoms with Crippen molar-refractivity contribution in [3.8, 4) is 0 Å². The van der Waals surface area contributed by atoms with Gasteiger partial charge in [-0.1, -0.05) is 30.3 Å². The summed E-state index contributed by atoms with van der Waals surface area (Å²) < 4.78 is 1.86. The fraction of sp³-hybridized carbons (Fsp3) is 0.259. The van der Waals surface area contributed by atoms with Crippen molar-refractivity contribution in [2.24, 2.45) is 0 Å². The van der Waals surface area contributed by atoms with E-state index in [1.54, 1.807) is 24.7 Å². The number of amides is 2. The Balaban J connectivity index is 1.15. The van der Waals surface area contributed by atoms with E-state index in [4.69, 9.17) is 0 Å². The molecule has 3 heterocycles. The average molecular weight is 469 g/mol. The van der Waals surface area contributed by atoms with E-state index < -0.39 is 0 Å². The lowest BCUT2D eigenvalue weighted by atomic mass is 10.1. The van der Waals surface area contributed by atoms with Crippen LogP contribution in [-0.4, -0.2) is 62.3 Å². The highest BCUT2D eigenvalue weighted by atomic mass is 16.2. The Morgan fingerprint density at radius 1 is 0.943 bits per heavy atom. The topological polar surface area (TPSA) is 83.4 Å². The van der Waals surface area contributed by atoms with E-state index in [1.807, 2.05) is 40.1 Å². The number of benzene rings is 2. The molecule has 1 fully saturated rings. The Labute approximate surface area is 204 Å². The van der Waals surface area contributed by atoms with Gasteiger partial charge in [0.2, 0.25) is 5.91 Å². The summed E-state index contributed by atoms with van der Waals surface area (Å²) in [5, 5.41) is 4.04. The van der Waals surface area contributed by atoms with Gasteiger partial charge in [0, 0.05) is 80.9 Å². The van der Waals surface area contributed by atoms with Crippen molar-refractivity contribution in [2.45, 2.75) is 19.5 Å². The molecule has 1 aliphatic heterocycles. The first-order valence-electron chi connectivity index (χ1n) is 11.9. The number of aromatic nitrogens is 3. The van der Waals surface area contributed by atoms with Crippen molar-refractivity contribution in [1.29, 1.82) is 0 Å². The van der Waals surface area contributed by atoms with Crippen LogP contribution in [0.2, 0.25) is 0 Å². The normalized spacial score (nSPS) is 14.2. The SMILES string of the molecule is O=C(CCn1ccnc1)Nc1cccc(C(=O)N2CCN(Cc3cccc4cccnc34)CC2)c1. The summed E-state index contributed by atoms with van der Waals surface area (Å²) in [6, 6.07) is 17.5. The van der Waals surface area contributed by atoms with Crippen molar-refractivity contribution in [3.05, 3.63) is 90.6 Å². The monoisotopic (exact) mass is 468 g/mol. The van der Waals surface area contributed by atoms with E-state index in [0.29, 0.717) is 37.3 Å². The third-order valence-corrected chi connectivity index (χ3v) is 6.32. The van der Waals surface area contributed by atoms with Gasteiger partial charge in [0.05, 0.1) is 11.8 Å². The Bertz CT molecular complexity index is 1310. The zero-order valence-electron chi connectivity index (χ0n) is 19.5. The zero-order valence-corrected chi connectivity index (χ0v) is 19.5. The van der Waals surface area contributed by atoms with E-state index in [-0.39, 0.29) is 11.8 Å². The van der Waals surface area contributed by atoms with Crippen molar-refractivity contribution in [3.63, 3.8) is 0 Å². The van der Waals surface area contributed by atoms with Crippen molar-refractivity contribution >= 4 is 28.4 Å². The minimum Gasteiger partial charge on any atom is -0.337 e. The molecule has 8 nitrogen and oxygen atoms in total. The van der Waals surface area contributed by atoms with Crippen LogP contribution < -0.4 is 5.32 Å². The van der Waals surface area contributed by atoms with Crippen LogP contribution in [-0.2, 0) is 17.9 Å². The van der Waals surface area contributed by atoms with Crippen molar-refractivity contribution < 1.29 is 9.59 Å². The molecule has 0 saturated carbocycles. The van der Waals surface area contributed by atoms with Crippen molar-refractivity contribution in [1.82, 2.24) is 24.3 Å². The highest BCUT2D eigenvalue weighted by molar-refractivity contribution is 5.97. The molecular weight excluding hydrogens is 440 g/mol. The lowest BCUT2D eigenvalue weighted by Gasteiger charge is -2.35. The molecule has 5 rings (SSSR count). The van der Waals surface area contributed by atoms with Gasteiger partial charge in [-0.2, -0.15) is 0 Å². The maximum Gasteiger partial charge on any atom is 0.254 e. The maximum atomic E-state index is 13.1. The summed E-state index contributed by atoms with van der Waals surface area (Å²) in [5.74, 6) is -0.106. The summed E-state index contributed by atoms with van der Waals surface area (Å²) in [6.45, 7) is 4.32. The van der Waals surface area contributed by atoms with Gasteiger partial charge in [-0.05, 0) is 29.8 Å². The number of rotatable bonds is 7. The summed E-state index contributed by atoms with van der Waals surface area (Å²) in [4.78, 5) is 38.2. The van der Waals surface area contributed by atoms with Crippen molar-refractivity contribution in [2.75, 3.05) is 31.5 Å². The van der Waals surface area contributed by atoms with Crippen LogP contribution in [0, 0.1) is 0 Å². The number of piperazine rings is 1. The van der Waals surface area contributed by atoms with Crippen LogP contribution in [0.25, 0.3) is 10.9 Å². The van der Waals surface area contributed by atoms with E-state index in [0.717, 1.165) is 30.5 Å². The van der Waals surface area contributed by atoms with E-state index in [1.165, 1.54) is 5.56 Å². The van der Waals surface area contributed by atoms with Crippen LogP contribution in [0.3, 0.4) is 0 Å². The van der Waals surface area contributed by atoms with Crippen LogP contribution in [0.1, 0.15) is 22.3 Å². The molecule has 0 aliphatic carbocycles. The maximum absolute atomic E-state index is 13.1. The molecule has 8 heteroatoms. The fourth-order valence-electron chi connectivity index (χ4n) is 4.43. The third kappa shape index (κ3) is 5.55. The molecule has 2 amide bonds. The minimum atomic E-state index is -0.0974. The second kappa shape index (κ2) is 10.5. The number of nitrogens with one attached hydrogen (secondary N) is 1. The number of carbonyl (C=O) groups is 2. The highest BCUT2D eigenvalue weighted by Crippen LogP contribution is 2.19. The van der Waals surface area contributed by atoms with Crippen LogP contribution in [0.4, 0.5) is 5.69 Å². The lowest BCUT2D eigenvalue weighted by molar-refractivity contribution is -0.116. The Kier molecular flexibility index (Phi) is 6.81. The number of nitrogens with zero attached hydrogens (tertiary/aromatic N) is 5. The molecule has 0 bridgehead atoms. The van der Waals surface area contributed by atoms with Gasteiger partial charge in [0.1, 0.15) is 0 Å². The highest BCUT2D eigenvalue weighted by Gasteiger charge is 2.23. The molecule has 2 aromatic carbocycles. The number of anilines is 1. The van der Waals surface area contributed by atoms with Gasteiger partial charge in [0.25, 0.3) is 5.91 Å². The van der Waals surface area contributed by atoms with Gasteiger partial charge in [-0.25, -0.2) is 4.98 Å². The summed E-state index contributed by atoms with van der Waals surface area (Å²) in [7, 11) is 0. The van der Waals surface area contributed by atoms with Crippen LogP contribution in [0.5, 0.6) is 0 Å².